The van der Waals surface area contributed by atoms with Crippen LogP contribution in [0.2, 0.25) is 5.02 Å². The van der Waals surface area contributed by atoms with Crippen LogP contribution < -0.4 is 10.5 Å². The van der Waals surface area contributed by atoms with Gasteiger partial charge in [0.2, 0.25) is 11.7 Å². The number of carbonyl (C=O) groups excluding carboxylic acids is 1. The number of amides is 1. The molecule has 32 heavy (non-hydrogen) atoms. The van der Waals surface area contributed by atoms with Crippen molar-refractivity contribution in [1.29, 1.82) is 0 Å². The van der Waals surface area contributed by atoms with Gasteiger partial charge in [0.05, 0.1) is 5.52 Å². The van der Waals surface area contributed by atoms with Gasteiger partial charge in [-0.3, -0.25) is 18.6 Å². The lowest BCUT2D eigenvalue weighted by Gasteiger charge is -2.37. The molecule has 1 saturated heterocycles. The topological polar surface area (TPSA) is 75.7 Å². The van der Waals surface area contributed by atoms with Crippen molar-refractivity contribution >= 4 is 50.5 Å². The van der Waals surface area contributed by atoms with Crippen molar-refractivity contribution in [2.75, 3.05) is 31.1 Å². The monoisotopic (exact) mass is 470 g/mol. The summed E-state index contributed by atoms with van der Waals surface area (Å²) in [6, 6.07) is 7.82. The van der Waals surface area contributed by atoms with Crippen molar-refractivity contribution in [3.8, 4) is 0 Å². The zero-order chi connectivity index (χ0) is 22.4. The highest BCUT2D eigenvalue weighted by molar-refractivity contribution is 7.17. The van der Waals surface area contributed by atoms with Gasteiger partial charge >= 0.3 is 0 Å². The first kappa shape index (κ1) is 21.0. The molecule has 4 aromatic rings. The summed E-state index contributed by atoms with van der Waals surface area (Å²) in [7, 11) is 1.70. The Labute approximate surface area is 193 Å². The molecule has 5 rings (SSSR count). The molecule has 0 unspecified atom stereocenters. The molecule has 4 heterocycles. The van der Waals surface area contributed by atoms with Crippen LogP contribution in [0.4, 0.5) is 5.69 Å². The molecular weight excluding hydrogens is 448 g/mol. The maximum atomic E-state index is 12.9. The number of carbonyl (C=O) groups is 1. The van der Waals surface area contributed by atoms with E-state index in [4.69, 9.17) is 11.6 Å². The van der Waals surface area contributed by atoms with Gasteiger partial charge in [-0.1, -0.05) is 17.7 Å². The smallest absolute Gasteiger partial charge is 0.272 e. The van der Waals surface area contributed by atoms with Crippen molar-refractivity contribution in [1.82, 2.24) is 24.1 Å². The average Bonchev–Trinajstić information content (AvgIpc) is 3.45. The number of piperazine rings is 1. The molecule has 1 aliphatic rings. The molecule has 8 nitrogen and oxygen atoms in total. The lowest BCUT2D eigenvalue weighted by Crippen LogP contribution is -2.49. The van der Waals surface area contributed by atoms with Crippen molar-refractivity contribution in [2.45, 2.75) is 19.8 Å². The standard InChI is InChI=1S/C22H23ClN6O2S/c1-14-3-4-15(23)13-17(14)27-8-10-28(11-9-27)19(30)6-5-18-24-25-22-26(2)21(31)20-16(29(18)22)7-12-32-20/h3-4,7,12-13H,5-6,8-11H2,1-2H3. The third kappa shape index (κ3) is 3.55. The first-order valence-electron chi connectivity index (χ1n) is 10.5. The molecular formula is C22H23ClN6O2S. The highest BCUT2D eigenvalue weighted by Crippen LogP contribution is 2.25. The van der Waals surface area contributed by atoms with E-state index in [0.29, 0.717) is 42.2 Å². The molecule has 0 saturated carbocycles. The predicted octanol–water partition coefficient (Wildman–Crippen LogP) is 2.89. The number of fused-ring (bicyclic) bond motifs is 3. The van der Waals surface area contributed by atoms with E-state index >= 15 is 0 Å². The second-order valence-corrected chi connectivity index (χ2v) is 9.40. The molecule has 1 aromatic carbocycles. The van der Waals surface area contributed by atoms with Crippen molar-refractivity contribution in [2.24, 2.45) is 7.05 Å². The minimum atomic E-state index is -0.0784. The number of halogens is 1. The molecule has 0 aliphatic carbocycles. The van der Waals surface area contributed by atoms with Crippen LogP contribution in [0.3, 0.4) is 0 Å². The van der Waals surface area contributed by atoms with E-state index in [-0.39, 0.29) is 11.5 Å². The molecule has 1 fully saturated rings. The van der Waals surface area contributed by atoms with Crippen molar-refractivity contribution < 1.29 is 4.79 Å². The maximum absolute atomic E-state index is 12.9. The zero-order valence-electron chi connectivity index (χ0n) is 17.9. The number of hydrogen-bond acceptors (Lipinski definition) is 6. The summed E-state index contributed by atoms with van der Waals surface area (Å²) in [5, 5.41) is 11.1. The fraction of sp³-hybridized carbons (Fsp3) is 0.364. The lowest BCUT2D eigenvalue weighted by atomic mass is 10.1. The highest BCUT2D eigenvalue weighted by Gasteiger charge is 2.23. The van der Waals surface area contributed by atoms with Crippen LogP contribution in [0, 0.1) is 6.92 Å². The Bertz CT molecular complexity index is 1380. The third-order valence-electron chi connectivity index (χ3n) is 6.10. The van der Waals surface area contributed by atoms with Gasteiger partial charge in [-0.15, -0.1) is 21.5 Å². The van der Waals surface area contributed by atoms with Crippen LogP contribution in [0.25, 0.3) is 16.0 Å². The molecule has 10 heteroatoms. The van der Waals surface area contributed by atoms with Gasteiger partial charge in [0.25, 0.3) is 5.56 Å². The van der Waals surface area contributed by atoms with E-state index in [0.717, 1.165) is 29.3 Å². The van der Waals surface area contributed by atoms with E-state index in [1.165, 1.54) is 21.5 Å². The minimum Gasteiger partial charge on any atom is -0.368 e. The van der Waals surface area contributed by atoms with Crippen LogP contribution in [0.5, 0.6) is 0 Å². The number of aryl methyl sites for hydroxylation is 3. The van der Waals surface area contributed by atoms with Gasteiger partial charge in [-0.2, -0.15) is 0 Å². The highest BCUT2D eigenvalue weighted by atomic mass is 35.5. The Morgan fingerprint density at radius 2 is 1.94 bits per heavy atom. The summed E-state index contributed by atoms with van der Waals surface area (Å²) in [4.78, 5) is 29.6. The summed E-state index contributed by atoms with van der Waals surface area (Å²) < 4.78 is 4.06. The second kappa shape index (κ2) is 8.22. The molecule has 0 bridgehead atoms. The summed E-state index contributed by atoms with van der Waals surface area (Å²) >= 11 is 7.58. The van der Waals surface area contributed by atoms with E-state index in [1.54, 1.807) is 7.05 Å². The summed E-state index contributed by atoms with van der Waals surface area (Å²) in [5.41, 5.74) is 3.03. The van der Waals surface area contributed by atoms with E-state index in [1.807, 2.05) is 38.9 Å². The van der Waals surface area contributed by atoms with Crippen LogP contribution >= 0.6 is 22.9 Å². The average molecular weight is 471 g/mol. The minimum absolute atomic E-state index is 0.0784. The van der Waals surface area contributed by atoms with E-state index < -0.39 is 0 Å². The summed E-state index contributed by atoms with van der Waals surface area (Å²) in [6.45, 7) is 4.98. The van der Waals surface area contributed by atoms with Crippen LogP contribution in [-0.2, 0) is 18.3 Å². The van der Waals surface area contributed by atoms with Gasteiger partial charge in [0, 0.05) is 56.8 Å². The fourth-order valence-electron chi connectivity index (χ4n) is 4.31. The maximum Gasteiger partial charge on any atom is 0.272 e. The third-order valence-corrected chi connectivity index (χ3v) is 7.23. The van der Waals surface area contributed by atoms with Crippen LogP contribution in [0.1, 0.15) is 17.8 Å². The summed E-state index contributed by atoms with van der Waals surface area (Å²) in [5.74, 6) is 1.30. The Balaban J connectivity index is 1.28. The van der Waals surface area contributed by atoms with Crippen LogP contribution in [0.15, 0.2) is 34.4 Å². The fourth-order valence-corrected chi connectivity index (χ4v) is 5.33. The number of hydrogen-bond donors (Lipinski definition) is 0. The first-order valence-corrected chi connectivity index (χ1v) is 11.8. The number of thiophene rings is 1. The molecule has 0 radical (unpaired) electrons. The number of aromatic nitrogens is 4. The molecule has 3 aromatic heterocycles. The van der Waals surface area contributed by atoms with Crippen molar-refractivity contribution in [3.63, 3.8) is 0 Å². The number of benzene rings is 1. The van der Waals surface area contributed by atoms with Gasteiger partial charge in [-0.25, -0.2) is 0 Å². The van der Waals surface area contributed by atoms with Gasteiger partial charge in [0.1, 0.15) is 10.5 Å². The number of anilines is 1. The first-order chi connectivity index (χ1) is 15.4. The summed E-state index contributed by atoms with van der Waals surface area (Å²) in [6.07, 6.45) is 0.822. The molecule has 1 aliphatic heterocycles. The Hall–Kier alpha value is -2.91. The largest absolute Gasteiger partial charge is 0.368 e. The quantitative estimate of drug-likeness (QED) is 0.458. The number of nitrogens with zero attached hydrogens (tertiary/aromatic N) is 6. The normalized spacial score (nSPS) is 14.6. The van der Waals surface area contributed by atoms with Crippen LogP contribution in [-0.4, -0.2) is 56.2 Å². The Morgan fingerprint density at radius 3 is 2.72 bits per heavy atom. The van der Waals surface area contributed by atoms with Gasteiger partial charge < -0.3 is 9.80 Å². The van der Waals surface area contributed by atoms with Gasteiger partial charge in [-0.05, 0) is 36.1 Å². The molecule has 0 atom stereocenters. The Morgan fingerprint density at radius 1 is 1.16 bits per heavy atom. The molecule has 0 N–H and O–H groups in total. The SMILES string of the molecule is Cc1ccc(Cl)cc1N1CCN(C(=O)CCc2nnc3n(C)c(=O)c4sccc4n23)CC1. The van der Waals surface area contributed by atoms with Crippen molar-refractivity contribution in [3.05, 3.63) is 56.4 Å². The molecule has 166 valence electrons. The molecule has 1 amide bonds. The zero-order valence-corrected chi connectivity index (χ0v) is 19.5. The van der Waals surface area contributed by atoms with E-state index in [9.17, 15) is 9.59 Å². The van der Waals surface area contributed by atoms with Gasteiger partial charge in [0.15, 0.2) is 0 Å². The second-order valence-electron chi connectivity index (χ2n) is 8.05. The number of rotatable bonds is 4. The van der Waals surface area contributed by atoms with E-state index in [2.05, 4.69) is 22.0 Å². The lowest BCUT2D eigenvalue weighted by molar-refractivity contribution is -0.131. The predicted molar refractivity (Wildman–Crippen MR) is 127 cm³/mol. The Kier molecular flexibility index (Phi) is 5.38. The molecule has 0 spiro atoms.